The molecule has 6 saturated heterocycles. The lowest BCUT2D eigenvalue weighted by Crippen LogP contribution is -2.39. The predicted molar refractivity (Wildman–Crippen MR) is 336 cm³/mol. The minimum absolute atomic E-state index is 0.0628. The molecule has 21 nitrogen and oxygen atoms in total. The summed E-state index contributed by atoms with van der Waals surface area (Å²) in [6, 6.07) is 28.2. The number of anilines is 4. The zero-order valence-corrected chi connectivity index (χ0v) is 51.1. The molecule has 462 valence electrons. The van der Waals surface area contributed by atoms with Gasteiger partial charge in [-0.05, 0) is 144 Å². The number of hydrogen-bond donors (Lipinski definition) is 3. The van der Waals surface area contributed by atoms with Crippen molar-refractivity contribution in [1.29, 1.82) is 0 Å². The van der Waals surface area contributed by atoms with E-state index in [0.717, 1.165) is 184 Å². The van der Waals surface area contributed by atoms with E-state index in [1.165, 1.54) is 22.5 Å². The highest BCUT2D eigenvalue weighted by Crippen LogP contribution is 2.33. The molecule has 0 atom stereocenters. The van der Waals surface area contributed by atoms with E-state index < -0.39 is 0 Å². The number of phenolic OH excluding ortho intramolecular Hbond substituents is 1. The van der Waals surface area contributed by atoms with Gasteiger partial charge in [0.2, 0.25) is 17.8 Å². The van der Waals surface area contributed by atoms with Crippen LogP contribution in [0.3, 0.4) is 0 Å². The van der Waals surface area contributed by atoms with E-state index in [1.54, 1.807) is 38.5 Å². The molecule has 3 N–H and O–H groups in total. The van der Waals surface area contributed by atoms with Crippen molar-refractivity contribution in [3.8, 4) is 17.2 Å². The minimum atomic E-state index is -0.0902. The molecule has 0 saturated carbocycles. The number of hydrogen-bond acceptors (Lipinski definition) is 19. The number of morpholine rings is 3. The second-order valence-electron chi connectivity index (χ2n) is 23.6. The topological polar surface area (TPSA) is 206 Å². The first kappa shape index (κ1) is 61.9. The molecule has 3 aromatic carbocycles. The Balaban J connectivity index is 0.000000143. The van der Waals surface area contributed by atoms with Crippen LogP contribution in [0, 0.1) is 6.92 Å². The van der Waals surface area contributed by atoms with Crippen molar-refractivity contribution in [2.24, 2.45) is 0 Å². The van der Waals surface area contributed by atoms with Gasteiger partial charge < -0.3 is 48.4 Å². The highest BCUT2D eigenvalue weighted by atomic mass is 16.5. The van der Waals surface area contributed by atoms with Crippen molar-refractivity contribution >= 4 is 23.5 Å². The molecule has 0 spiro atoms. The van der Waals surface area contributed by atoms with Gasteiger partial charge in [0.05, 0.1) is 65.2 Å². The number of aromatic amines is 2. The maximum atomic E-state index is 12.2. The molecule has 0 aliphatic carbocycles. The number of phenols is 1. The Morgan fingerprint density at radius 2 is 0.907 bits per heavy atom. The fraction of sp³-hybridized carbons (Fsp3) is 0.538. The van der Waals surface area contributed by atoms with Crippen LogP contribution in [0.15, 0.2) is 94.5 Å². The molecule has 86 heavy (non-hydrogen) atoms. The standard InChI is InChI=1S/C23H33N5O.C21H28N4O4.C21H28N4O3/c1-18-16-22(25-23(24-18)28-12-14-29-15-13-28)20-8-10-27(11-9-20)17-19-4-6-21(7-5-19)26(2)3;1-28-19-3-2-15(12-18(19)26)14-24-6-4-16(5-7-24)17-13-20(27)23-21(22-17)25-8-10-29-11-9-25;1-27-18-4-2-16(3-5-18)15-24-8-6-17(7-9-24)19-14-20(26)23-21(22-19)25-10-12-28-13-11-25/h4-7,16,20H,8-15,17H2,1-3H3;2-3,12-13,16,26H,4-11,14H2,1H3,(H,22,23,27);2-5,14,17H,6-13,15H2,1H3,(H,22,23,26). The first-order valence-electron chi connectivity index (χ1n) is 30.9. The molecule has 6 fully saturated rings. The molecule has 3 aromatic heterocycles. The summed E-state index contributed by atoms with van der Waals surface area (Å²) in [5.41, 5.74) is 8.94. The molecular weight excluding hydrogens is 1090 g/mol. The van der Waals surface area contributed by atoms with Gasteiger partial charge in [-0.2, -0.15) is 0 Å². The van der Waals surface area contributed by atoms with Gasteiger partial charge in [0.1, 0.15) is 5.75 Å². The molecule has 6 aliphatic rings. The van der Waals surface area contributed by atoms with Crippen LogP contribution in [0.1, 0.15) is 95.7 Å². The van der Waals surface area contributed by atoms with E-state index in [1.807, 2.05) is 18.2 Å². The number of aromatic hydroxyl groups is 1. The fourth-order valence-electron chi connectivity index (χ4n) is 12.3. The number of piperidine rings is 3. The van der Waals surface area contributed by atoms with Gasteiger partial charge in [-0.3, -0.25) is 34.3 Å². The summed E-state index contributed by atoms with van der Waals surface area (Å²) in [7, 11) is 7.40. The molecule has 21 heteroatoms. The molecule has 0 amide bonds. The van der Waals surface area contributed by atoms with Gasteiger partial charge in [-0.25, -0.2) is 19.9 Å². The van der Waals surface area contributed by atoms with Gasteiger partial charge >= 0.3 is 0 Å². The SMILES string of the molecule is COc1ccc(CN2CCC(c3cc(=O)[nH]c(N4CCOCC4)n3)CC2)cc1.COc1ccc(CN2CCC(c3cc(=O)[nH]c(N4CCOCC4)n3)CC2)cc1O.Cc1cc(C2CCN(Cc3ccc(N(C)C)cc3)CC2)nc(N2CCOCC2)n1. The molecule has 6 aromatic rings. The van der Waals surface area contributed by atoms with E-state index in [0.29, 0.717) is 55.9 Å². The maximum absolute atomic E-state index is 12.2. The summed E-state index contributed by atoms with van der Waals surface area (Å²) in [5.74, 6) is 4.94. The predicted octanol–water partition coefficient (Wildman–Crippen LogP) is 6.76. The maximum Gasteiger partial charge on any atom is 0.252 e. The molecule has 12 rings (SSSR count). The van der Waals surface area contributed by atoms with E-state index in [2.05, 4.69) is 113 Å². The van der Waals surface area contributed by atoms with E-state index in [4.69, 9.17) is 38.6 Å². The second kappa shape index (κ2) is 30.5. The van der Waals surface area contributed by atoms with Crippen LogP contribution < -0.4 is 40.2 Å². The second-order valence-corrected chi connectivity index (χ2v) is 23.6. The van der Waals surface area contributed by atoms with Crippen LogP contribution in [0.4, 0.5) is 23.5 Å². The third-order valence-corrected chi connectivity index (χ3v) is 17.4. The lowest BCUT2D eigenvalue weighted by molar-refractivity contribution is 0.122. The van der Waals surface area contributed by atoms with Gasteiger partial charge in [0.15, 0.2) is 11.5 Å². The number of aryl methyl sites for hydroxylation is 1. The zero-order chi connectivity index (χ0) is 59.8. The van der Waals surface area contributed by atoms with Crippen LogP contribution in [0.25, 0.3) is 0 Å². The highest BCUT2D eigenvalue weighted by Gasteiger charge is 2.28. The highest BCUT2D eigenvalue weighted by molar-refractivity contribution is 5.46. The Morgan fingerprint density at radius 1 is 0.500 bits per heavy atom. The average molecular weight is 1180 g/mol. The van der Waals surface area contributed by atoms with Crippen LogP contribution >= 0.6 is 0 Å². The summed E-state index contributed by atoms with van der Waals surface area (Å²) < 4.78 is 26.6. The summed E-state index contributed by atoms with van der Waals surface area (Å²) in [6.07, 6.45) is 6.29. The lowest BCUT2D eigenvalue weighted by Gasteiger charge is -2.32. The number of rotatable bonds is 15. The van der Waals surface area contributed by atoms with Gasteiger partial charge in [0.25, 0.3) is 11.1 Å². The number of methoxy groups -OCH3 is 2. The van der Waals surface area contributed by atoms with Crippen LogP contribution in [-0.2, 0) is 33.8 Å². The fourth-order valence-corrected chi connectivity index (χ4v) is 12.3. The van der Waals surface area contributed by atoms with Crippen LogP contribution in [0.5, 0.6) is 17.2 Å². The molecule has 6 aliphatic heterocycles. The van der Waals surface area contributed by atoms with Crippen molar-refractivity contribution in [2.75, 3.05) is 166 Å². The number of likely N-dealkylation sites (tertiary alicyclic amines) is 3. The van der Waals surface area contributed by atoms with Crippen molar-refractivity contribution < 1.29 is 28.8 Å². The van der Waals surface area contributed by atoms with E-state index >= 15 is 0 Å². The Bertz CT molecular complexity index is 3180. The summed E-state index contributed by atoms with van der Waals surface area (Å²) in [6.45, 7) is 20.0. The van der Waals surface area contributed by atoms with Gasteiger partial charge in [-0.15, -0.1) is 0 Å². The van der Waals surface area contributed by atoms with E-state index in [-0.39, 0.29) is 22.8 Å². The summed E-state index contributed by atoms with van der Waals surface area (Å²) in [5, 5.41) is 9.97. The van der Waals surface area contributed by atoms with Crippen LogP contribution in [0.2, 0.25) is 0 Å². The van der Waals surface area contributed by atoms with Crippen LogP contribution in [-0.4, -0.2) is 196 Å². The first-order chi connectivity index (χ1) is 41.9. The normalized spacial score (nSPS) is 18.8. The number of benzene rings is 3. The Hall–Kier alpha value is -7.14. The molecule has 0 radical (unpaired) electrons. The third kappa shape index (κ3) is 17.3. The summed E-state index contributed by atoms with van der Waals surface area (Å²) in [4.78, 5) is 65.3. The molecule has 0 unspecified atom stereocenters. The minimum Gasteiger partial charge on any atom is -0.504 e. The van der Waals surface area contributed by atoms with Gasteiger partial charge in [0, 0.05) is 120 Å². The molecule has 9 heterocycles. The van der Waals surface area contributed by atoms with Crippen molar-refractivity contribution in [1.82, 2.24) is 44.6 Å². The third-order valence-electron chi connectivity index (χ3n) is 17.4. The average Bonchev–Trinajstić information content (AvgIpc) is 2.81. The zero-order valence-electron chi connectivity index (χ0n) is 51.1. The number of aromatic nitrogens is 6. The Morgan fingerprint density at radius 3 is 1.33 bits per heavy atom. The number of nitrogens with one attached hydrogen (secondary N) is 2. The quantitative estimate of drug-likeness (QED) is 0.0971. The number of ether oxygens (including phenoxy) is 5. The number of nitrogens with zero attached hydrogens (tertiary/aromatic N) is 11. The first-order valence-corrected chi connectivity index (χ1v) is 30.9. The Labute approximate surface area is 506 Å². The van der Waals surface area contributed by atoms with Gasteiger partial charge in [-0.1, -0.05) is 30.3 Å². The van der Waals surface area contributed by atoms with Crippen molar-refractivity contribution in [2.45, 2.75) is 82.8 Å². The van der Waals surface area contributed by atoms with Crippen molar-refractivity contribution in [3.63, 3.8) is 0 Å². The van der Waals surface area contributed by atoms with E-state index in [9.17, 15) is 14.7 Å². The lowest BCUT2D eigenvalue weighted by atomic mass is 9.92. The largest absolute Gasteiger partial charge is 0.504 e. The smallest absolute Gasteiger partial charge is 0.252 e. The Kier molecular flexibility index (Phi) is 21.9. The summed E-state index contributed by atoms with van der Waals surface area (Å²) >= 11 is 0. The molecule has 0 bridgehead atoms. The molecular formula is C65H89N13O8. The monoisotopic (exact) mass is 1180 g/mol. The number of H-pyrrole nitrogens is 2. The van der Waals surface area contributed by atoms with Crippen molar-refractivity contribution in [3.05, 3.63) is 145 Å².